The summed E-state index contributed by atoms with van der Waals surface area (Å²) in [7, 11) is 0. The normalized spacial score (nSPS) is 19.5. The first-order valence-corrected chi connectivity index (χ1v) is 7.50. The Morgan fingerprint density at radius 1 is 1.11 bits per heavy atom. The molecule has 0 saturated heterocycles. The highest BCUT2D eigenvalue weighted by molar-refractivity contribution is 9.10. The van der Waals surface area contributed by atoms with Crippen LogP contribution >= 0.6 is 15.9 Å². The molecule has 1 fully saturated rings. The summed E-state index contributed by atoms with van der Waals surface area (Å²) in [6, 6.07) is 12.2. The predicted octanol–water partition coefficient (Wildman–Crippen LogP) is 4.59. The van der Waals surface area contributed by atoms with Gasteiger partial charge in [-0.3, -0.25) is 0 Å². The molecule has 1 aliphatic carbocycles. The molecular weight excluding hydrogens is 304 g/mol. The van der Waals surface area contributed by atoms with Gasteiger partial charge in [0.15, 0.2) is 0 Å². The van der Waals surface area contributed by atoms with E-state index in [-0.39, 0.29) is 5.41 Å². The Morgan fingerprint density at radius 3 is 2.37 bits per heavy atom. The summed E-state index contributed by atoms with van der Waals surface area (Å²) < 4.78 is 6.34. The lowest BCUT2D eigenvalue weighted by atomic mass is 9.73. The van der Waals surface area contributed by atoms with Crippen molar-refractivity contribution < 1.29 is 9.52 Å². The van der Waals surface area contributed by atoms with Crippen molar-refractivity contribution in [2.45, 2.75) is 37.2 Å². The Bertz CT molecular complexity index is 541. The monoisotopic (exact) mass is 320 g/mol. The fourth-order valence-electron chi connectivity index (χ4n) is 3.25. The molecule has 1 aromatic heterocycles. The first-order chi connectivity index (χ1) is 9.24. The number of aliphatic hydroxyl groups is 1. The van der Waals surface area contributed by atoms with Crippen molar-refractivity contribution in [3.63, 3.8) is 0 Å². The van der Waals surface area contributed by atoms with Crippen LogP contribution in [0, 0.1) is 0 Å². The summed E-state index contributed by atoms with van der Waals surface area (Å²) in [4.78, 5) is 0. The second-order valence-electron chi connectivity index (χ2n) is 5.26. The lowest BCUT2D eigenvalue weighted by molar-refractivity contribution is 0.0612. The van der Waals surface area contributed by atoms with E-state index in [1.807, 2.05) is 24.3 Å². The van der Waals surface area contributed by atoms with Gasteiger partial charge in [-0.05, 0) is 40.4 Å². The molecule has 0 bridgehead atoms. The van der Waals surface area contributed by atoms with Crippen molar-refractivity contribution in [2.24, 2.45) is 0 Å². The third kappa shape index (κ3) is 2.15. The second kappa shape index (κ2) is 5.14. The minimum absolute atomic E-state index is 0.207. The summed E-state index contributed by atoms with van der Waals surface area (Å²) in [6.45, 7) is 0. The molecule has 1 aromatic carbocycles. The molecule has 1 atom stereocenters. The third-order valence-corrected chi connectivity index (χ3v) is 4.92. The van der Waals surface area contributed by atoms with Gasteiger partial charge in [0.2, 0.25) is 0 Å². The molecule has 3 rings (SSSR count). The van der Waals surface area contributed by atoms with Crippen LogP contribution in [0.1, 0.15) is 43.1 Å². The number of furan rings is 1. The van der Waals surface area contributed by atoms with E-state index in [0.717, 1.165) is 30.2 Å². The van der Waals surface area contributed by atoms with Gasteiger partial charge in [-0.1, -0.05) is 43.2 Å². The molecule has 2 aromatic rings. The van der Waals surface area contributed by atoms with Gasteiger partial charge in [-0.15, -0.1) is 0 Å². The Kier molecular flexibility index (Phi) is 3.50. The summed E-state index contributed by atoms with van der Waals surface area (Å²) in [6.07, 6.45) is 5.35. The standard InChI is InChI=1S/C16H17BrO2/c17-13-8-11-19-14(13)15(18)16(9-4-5-10-16)12-6-2-1-3-7-12/h1-3,6-8,11,15,18H,4-5,9-10H2. The first-order valence-electron chi connectivity index (χ1n) is 6.70. The lowest BCUT2D eigenvalue weighted by Gasteiger charge is -2.34. The Hall–Kier alpha value is -1.06. The van der Waals surface area contributed by atoms with Gasteiger partial charge < -0.3 is 9.52 Å². The van der Waals surface area contributed by atoms with Crippen molar-refractivity contribution in [3.05, 3.63) is 58.5 Å². The maximum atomic E-state index is 10.9. The third-order valence-electron chi connectivity index (χ3n) is 4.26. The van der Waals surface area contributed by atoms with E-state index in [9.17, 15) is 5.11 Å². The zero-order chi connectivity index (χ0) is 13.3. The molecule has 1 unspecified atom stereocenters. The fourth-order valence-corrected chi connectivity index (χ4v) is 3.67. The maximum Gasteiger partial charge on any atom is 0.147 e. The van der Waals surface area contributed by atoms with E-state index >= 15 is 0 Å². The van der Waals surface area contributed by atoms with Crippen molar-refractivity contribution in [1.82, 2.24) is 0 Å². The van der Waals surface area contributed by atoms with Crippen LogP contribution in [-0.2, 0) is 5.41 Å². The van der Waals surface area contributed by atoms with Crippen molar-refractivity contribution >= 4 is 15.9 Å². The molecule has 0 amide bonds. The average Bonchev–Trinajstić information content (AvgIpc) is 3.08. The van der Waals surface area contributed by atoms with E-state index in [0.29, 0.717) is 5.76 Å². The van der Waals surface area contributed by atoms with Crippen LogP contribution < -0.4 is 0 Å². The number of hydrogen-bond acceptors (Lipinski definition) is 2. The van der Waals surface area contributed by atoms with Gasteiger partial charge in [-0.25, -0.2) is 0 Å². The molecule has 100 valence electrons. The average molecular weight is 321 g/mol. The van der Waals surface area contributed by atoms with Crippen LogP contribution in [0.3, 0.4) is 0 Å². The van der Waals surface area contributed by atoms with Crippen molar-refractivity contribution in [3.8, 4) is 0 Å². The molecule has 0 radical (unpaired) electrons. The summed E-state index contributed by atoms with van der Waals surface area (Å²) in [5, 5.41) is 10.9. The van der Waals surface area contributed by atoms with Crippen LogP contribution in [0.4, 0.5) is 0 Å². The van der Waals surface area contributed by atoms with Crippen LogP contribution in [0.2, 0.25) is 0 Å². The van der Waals surface area contributed by atoms with Crippen molar-refractivity contribution in [2.75, 3.05) is 0 Å². The Morgan fingerprint density at radius 2 is 1.79 bits per heavy atom. The highest BCUT2D eigenvalue weighted by atomic mass is 79.9. The largest absolute Gasteiger partial charge is 0.465 e. The van der Waals surface area contributed by atoms with Crippen LogP contribution in [0.15, 0.2) is 51.6 Å². The maximum absolute atomic E-state index is 10.9. The molecule has 3 heteroatoms. The molecule has 1 N–H and O–H groups in total. The van der Waals surface area contributed by atoms with E-state index in [2.05, 4.69) is 28.1 Å². The number of hydrogen-bond donors (Lipinski definition) is 1. The van der Waals surface area contributed by atoms with E-state index in [4.69, 9.17) is 4.42 Å². The Labute approximate surface area is 121 Å². The second-order valence-corrected chi connectivity index (χ2v) is 6.12. The number of aliphatic hydroxyl groups excluding tert-OH is 1. The lowest BCUT2D eigenvalue weighted by Crippen LogP contribution is -2.30. The molecule has 0 spiro atoms. The molecule has 2 nitrogen and oxygen atoms in total. The molecule has 1 saturated carbocycles. The molecule has 1 aliphatic rings. The smallest absolute Gasteiger partial charge is 0.147 e. The molecule has 1 heterocycles. The van der Waals surface area contributed by atoms with Crippen molar-refractivity contribution in [1.29, 1.82) is 0 Å². The minimum Gasteiger partial charge on any atom is -0.465 e. The van der Waals surface area contributed by atoms with Gasteiger partial charge in [0, 0.05) is 5.41 Å². The summed E-state index contributed by atoms with van der Waals surface area (Å²) in [5.74, 6) is 0.644. The SMILES string of the molecule is OC(c1occc1Br)C1(c2ccccc2)CCCC1. The minimum atomic E-state index is -0.596. The van der Waals surface area contributed by atoms with Gasteiger partial charge >= 0.3 is 0 Å². The van der Waals surface area contributed by atoms with Gasteiger partial charge in [0.25, 0.3) is 0 Å². The fraction of sp³-hybridized carbons (Fsp3) is 0.375. The van der Waals surface area contributed by atoms with Gasteiger partial charge in [0.1, 0.15) is 11.9 Å². The van der Waals surface area contributed by atoms with Gasteiger partial charge in [-0.2, -0.15) is 0 Å². The van der Waals surface area contributed by atoms with Crippen LogP contribution in [-0.4, -0.2) is 5.11 Å². The van der Waals surface area contributed by atoms with E-state index in [1.54, 1.807) is 6.26 Å². The number of halogens is 1. The van der Waals surface area contributed by atoms with Crippen LogP contribution in [0.25, 0.3) is 0 Å². The number of rotatable bonds is 3. The summed E-state index contributed by atoms with van der Waals surface area (Å²) >= 11 is 3.46. The predicted molar refractivity (Wildman–Crippen MR) is 78.0 cm³/mol. The molecule has 0 aliphatic heterocycles. The zero-order valence-corrected chi connectivity index (χ0v) is 12.3. The topological polar surface area (TPSA) is 33.4 Å². The first kappa shape index (κ1) is 12.9. The number of benzene rings is 1. The quantitative estimate of drug-likeness (QED) is 0.897. The summed E-state index contributed by atoms with van der Waals surface area (Å²) in [5.41, 5.74) is 1.00. The van der Waals surface area contributed by atoms with Gasteiger partial charge in [0.05, 0.1) is 10.7 Å². The van der Waals surface area contributed by atoms with E-state index < -0.39 is 6.10 Å². The highest BCUT2D eigenvalue weighted by Crippen LogP contribution is 2.50. The highest BCUT2D eigenvalue weighted by Gasteiger charge is 2.44. The zero-order valence-electron chi connectivity index (χ0n) is 10.7. The molecular formula is C16H17BrO2. The van der Waals surface area contributed by atoms with E-state index in [1.165, 1.54) is 5.56 Å². The van der Waals surface area contributed by atoms with Crippen LogP contribution in [0.5, 0.6) is 0 Å². The Balaban J connectivity index is 2.04. The molecule has 19 heavy (non-hydrogen) atoms.